The zero-order valence-corrected chi connectivity index (χ0v) is 12.6. The quantitative estimate of drug-likeness (QED) is 0.934. The smallest absolute Gasteiger partial charge is 0.237 e. The van der Waals surface area contributed by atoms with Crippen molar-refractivity contribution >= 4 is 16.8 Å². The number of hydrogen-bond acceptors (Lipinski definition) is 2. The van der Waals surface area contributed by atoms with Crippen LogP contribution in [-0.4, -0.2) is 35.5 Å². The molecular formula is C17H23N3O. The second-order valence-corrected chi connectivity index (χ2v) is 6.22. The number of nitrogens with zero attached hydrogens (tertiary/aromatic N) is 2. The number of primary amides is 1. The Morgan fingerprint density at radius 2 is 2.00 bits per heavy atom. The van der Waals surface area contributed by atoms with Crippen molar-refractivity contribution in [2.45, 2.75) is 25.8 Å². The van der Waals surface area contributed by atoms with Gasteiger partial charge in [-0.2, -0.15) is 0 Å². The highest BCUT2D eigenvalue weighted by molar-refractivity contribution is 5.85. The molecule has 1 amide bonds. The Kier molecular flexibility index (Phi) is 3.97. The summed E-state index contributed by atoms with van der Waals surface area (Å²) >= 11 is 0. The molecule has 1 aromatic carbocycles. The third kappa shape index (κ3) is 3.10. The molecule has 1 aliphatic heterocycles. The Morgan fingerprint density at radius 3 is 2.71 bits per heavy atom. The lowest BCUT2D eigenvalue weighted by Crippen LogP contribution is -2.30. The number of fused-ring (bicyclic) bond motifs is 1. The second kappa shape index (κ2) is 5.90. The highest BCUT2D eigenvalue weighted by Gasteiger charge is 2.19. The molecule has 1 saturated heterocycles. The summed E-state index contributed by atoms with van der Waals surface area (Å²) in [5.74, 6) is 0.454. The maximum Gasteiger partial charge on any atom is 0.237 e. The van der Waals surface area contributed by atoms with E-state index in [-0.39, 0.29) is 12.5 Å². The number of hydrogen-bond donors (Lipinski definition) is 1. The molecule has 2 N–H and O–H groups in total. The van der Waals surface area contributed by atoms with Gasteiger partial charge in [0.05, 0.1) is 0 Å². The molecule has 2 heterocycles. The molecule has 0 radical (unpaired) electrons. The van der Waals surface area contributed by atoms with Crippen LogP contribution in [0, 0.1) is 5.92 Å². The van der Waals surface area contributed by atoms with Gasteiger partial charge in [-0.1, -0.05) is 18.2 Å². The van der Waals surface area contributed by atoms with Gasteiger partial charge in [-0.05, 0) is 56.9 Å². The molecule has 4 nitrogen and oxygen atoms in total. The average Bonchev–Trinajstić information content (AvgIpc) is 2.79. The Labute approximate surface area is 125 Å². The predicted molar refractivity (Wildman–Crippen MR) is 85.1 cm³/mol. The van der Waals surface area contributed by atoms with Gasteiger partial charge in [-0.3, -0.25) is 4.79 Å². The van der Waals surface area contributed by atoms with Gasteiger partial charge in [-0.15, -0.1) is 0 Å². The van der Waals surface area contributed by atoms with Crippen molar-refractivity contribution in [2.75, 3.05) is 20.1 Å². The number of amides is 1. The first-order valence-corrected chi connectivity index (χ1v) is 7.67. The van der Waals surface area contributed by atoms with Gasteiger partial charge in [-0.25, -0.2) is 0 Å². The third-order valence-electron chi connectivity index (χ3n) is 4.54. The van der Waals surface area contributed by atoms with E-state index in [2.05, 4.69) is 36.3 Å². The van der Waals surface area contributed by atoms with Crippen molar-refractivity contribution in [3.05, 3.63) is 36.0 Å². The number of carbonyl (C=O) groups excluding carboxylic acids is 1. The fourth-order valence-corrected chi connectivity index (χ4v) is 3.36. The minimum absolute atomic E-state index is 0.258. The van der Waals surface area contributed by atoms with Gasteiger partial charge >= 0.3 is 0 Å². The van der Waals surface area contributed by atoms with Crippen LogP contribution in [0.25, 0.3) is 10.9 Å². The monoisotopic (exact) mass is 285 g/mol. The molecule has 4 heteroatoms. The molecule has 0 spiro atoms. The van der Waals surface area contributed by atoms with Crippen LogP contribution in [0.5, 0.6) is 0 Å². The van der Waals surface area contributed by atoms with Crippen molar-refractivity contribution in [3.8, 4) is 0 Å². The summed E-state index contributed by atoms with van der Waals surface area (Å²) in [5.41, 5.74) is 7.82. The maximum absolute atomic E-state index is 11.2. The number of aromatic nitrogens is 1. The number of carbonyl (C=O) groups is 1. The molecule has 0 aliphatic carbocycles. The predicted octanol–water partition coefficient (Wildman–Crippen LogP) is 2.01. The van der Waals surface area contributed by atoms with Gasteiger partial charge < -0.3 is 15.2 Å². The molecule has 0 bridgehead atoms. The minimum atomic E-state index is -0.290. The first-order valence-electron chi connectivity index (χ1n) is 7.67. The molecule has 3 rings (SSSR count). The van der Waals surface area contributed by atoms with Crippen LogP contribution in [0.4, 0.5) is 0 Å². The van der Waals surface area contributed by atoms with E-state index in [0.717, 1.165) is 17.9 Å². The molecule has 21 heavy (non-hydrogen) atoms. The molecule has 0 atom stereocenters. The SMILES string of the molecule is CN1CCC(Cc2cn(CC(N)=O)c3ccccc23)CC1. The third-order valence-corrected chi connectivity index (χ3v) is 4.54. The van der Waals surface area contributed by atoms with Gasteiger partial charge in [0.1, 0.15) is 6.54 Å². The molecule has 0 saturated carbocycles. The van der Waals surface area contributed by atoms with E-state index in [1.54, 1.807) is 0 Å². The summed E-state index contributed by atoms with van der Waals surface area (Å²) in [7, 11) is 2.19. The molecule has 2 aromatic rings. The van der Waals surface area contributed by atoms with Crippen LogP contribution in [0.1, 0.15) is 18.4 Å². The number of likely N-dealkylation sites (tertiary alicyclic amines) is 1. The zero-order chi connectivity index (χ0) is 14.8. The number of rotatable bonds is 4. The normalized spacial score (nSPS) is 17.4. The van der Waals surface area contributed by atoms with Gasteiger partial charge in [0.15, 0.2) is 0 Å². The zero-order valence-electron chi connectivity index (χ0n) is 12.6. The van der Waals surface area contributed by atoms with Crippen LogP contribution in [0.3, 0.4) is 0 Å². The first-order chi connectivity index (χ1) is 10.1. The second-order valence-electron chi connectivity index (χ2n) is 6.22. The van der Waals surface area contributed by atoms with Gasteiger partial charge in [0, 0.05) is 17.1 Å². The van der Waals surface area contributed by atoms with Gasteiger partial charge in [0.25, 0.3) is 0 Å². The van der Waals surface area contributed by atoms with Crippen molar-refractivity contribution in [3.63, 3.8) is 0 Å². The van der Waals surface area contributed by atoms with E-state index in [1.807, 2.05) is 10.6 Å². The van der Waals surface area contributed by atoms with Crippen molar-refractivity contribution in [1.82, 2.24) is 9.47 Å². The Hall–Kier alpha value is -1.81. The average molecular weight is 285 g/mol. The van der Waals surface area contributed by atoms with Crippen LogP contribution < -0.4 is 5.73 Å². The number of nitrogens with two attached hydrogens (primary N) is 1. The topological polar surface area (TPSA) is 51.3 Å². The van der Waals surface area contributed by atoms with E-state index in [1.165, 1.54) is 36.9 Å². The van der Waals surface area contributed by atoms with E-state index < -0.39 is 0 Å². The number of para-hydroxylation sites is 1. The van der Waals surface area contributed by atoms with Crippen LogP contribution in [-0.2, 0) is 17.8 Å². The summed E-state index contributed by atoms with van der Waals surface area (Å²) in [5, 5.41) is 1.26. The largest absolute Gasteiger partial charge is 0.368 e. The highest BCUT2D eigenvalue weighted by atomic mass is 16.1. The molecule has 1 aliphatic rings. The summed E-state index contributed by atoms with van der Waals surface area (Å²) in [6.45, 7) is 2.63. The molecule has 1 aromatic heterocycles. The maximum atomic E-state index is 11.2. The van der Waals surface area contributed by atoms with E-state index >= 15 is 0 Å². The number of piperidine rings is 1. The Morgan fingerprint density at radius 1 is 1.29 bits per heavy atom. The Balaban J connectivity index is 1.86. The molecule has 0 unspecified atom stereocenters. The van der Waals surface area contributed by atoms with E-state index in [4.69, 9.17) is 5.73 Å². The lowest BCUT2D eigenvalue weighted by atomic mass is 9.90. The van der Waals surface area contributed by atoms with Crippen LogP contribution >= 0.6 is 0 Å². The lowest BCUT2D eigenvalue weighted by molar-refractivity contribution is -0.118. The fourth-order valence-electron chi connectivity index (χ4n) is 3.36. The standard InChI is InChI=1S/C17H23N3O/c1-19-8-6-13(7-9-19)10-14-11-20(12-17(18)21)16-5-3-2-4-15(14)16/h2-5,11,13H,6-10,12H2,1H3,(H2,18,21). The molecule has 112 valence electrons. The van der Waals surface area contributed by atoms with Crippen LogP contribution in [0.15, 0.2) is 30.5 Å². The first kappa shape index (κ1) is 14.1. The summed E-state index contributed by atoms with van der Waals surface area (Å²) in [6, 6.07) is 8.29. The van der Waals surface area contributed by atoms with Crippen molar-refractivity contribution in [1.29, 1.82) is 0 Å². The van der Waals surface area contributed by atoms with Crippen molar-refractivity contribution < 1.29 is 4.79 Å². The highest BCUT2D eigenvalue weighted by Crippen LogP contribution is 2.27. The number of benzene rings is 1. The minimum Gasteiger partial charge on any atom is -0.368 e. The van der Waals surface area contributed by atoms with Crippen LogP contribution in [0.2, 0.25) is 0 Å². The van der Waals surface area contributed by atoms with E-state index in [0.29, 0.717) is 0 Å². The summed E-state index contributed by atoms with van der Waals surface area (Å²) < 4.78 is 1.99. The van der Waals surface area contributed by atoms with Crippen molar-refractivity contribution in [2.24, 2.45) is 11.7 Å². The van der Waals surface area contributed by atoms with Gasteiger partial charge in [0.2, 0.25) is 5.91 Å². The summed E-state index contributed by atoms with van der Waals surface area (Å²) in [4.78, 5) is 13.6. The summed E-state index contributed by atoms with van der Waals surface area (Å²) in [6.07, 6.45) is 5.73. The lowest BCUT2D eigenvalue weighted by Gasteiger charge is -2.28. The molecule has 1 fully saturated rings. The van der Waals surface area contributed by atoms with E-state index in [9.17, 15) is 4.79 Å². The molecular weight excluding hydrogens is 262 g/mol. The Bertz CT molecular complexity index is 639. The fraction of sp³-hybridized carbons (Fsp3) is 0.471.